The van der Waals surface area contributed by atoms with Crippen LogP contribution in [-0.2, 0) is 11.2 Å². The number of nitrogens with one attached hydrogen (secondary N) is 1. The highest BCUT2D eigenvalue weighted by molar-refractivity contribution is 5.81. The molecule has 1 saturated carbocycles. The van der Waals surface area contributed by atoms with Crippen molar-refractivity contribution in [3.8, 4) is 5.75 Å². The van der Waals surface area contributed by atoms with Crippen LogP contribution in [0.25, 0.3) is 0 Å². The average Bonchev–Trinajstić information content (AvgIpc) is 2.99. The van der Waals surface area contributed by atoms with Crippen molar-refractivity contribution < 1.29 is 9.90 Å². The van der Waals surface area contributed by atoms with Gasteiger partial charge in [-0.1, -0.05) is 37.8 Å². The molecule has 1 aliphatic rings. The zero-order valence-corrected chi connectivity index (χ0v) is 12.6. The summed E-state index contributed by atoms with van der Waals surface area (Å²) in [5.41, 5.74) is 6.88. The van der Waals surface area contributed by atoms with Crippen LogP contribution in [0.2, 0.25) is 0 Å². The highest BCUT2D eigenvalue weighted by Gasteiger charge is 2.16. The molecule has 0 heterocycles. The van der Waals surface area contributed by atoms with Crippen molar-refractivity contribution in [1.82, 2.24) is 5.32 Å². The molecule has 1 amide bonds. The first kappa shape index (κ1) is 15.8. The standard InChI is InChI=1S/C17H26N2O2/c18-16(12-14-7-9-15(20)10-8-14)17(21)19-11-3-6-13-4-1-2-5-13/h7-10,13,16,20H,1-6,11-12,18H2,(H,19,21)/t16-/m1/s1. The molecule has 1 aliphatic carbocycles. The summed E-state index contributed by atoms with van der Waals surface area (Å²) in [5.74, 6) is 1.01. The van der Waals surface area contributed by atoms with Gasteiger partial charge in [-0.05, 0) is 42.9 Å². The highest BCUT2D eigenvalue weighted by Crippen LogP contribution is 2.28. The van der Waals surface area contributed by atoms with Crippen molar-refractivity contribution in [2.24, 2.45) is 11.7 Å². The number of amides is 1. The minimum Gasteiger partial charge on any atom is -0.508 e. The Morgan fingerprint density at radius 2 is 1.95 bits per heavy atom. The van der Waals surface area contributed by atoms with Crippen LogP contribution in [0.15, 0.2) is 24.3 Å². The van der Waals surface area contributed by atoms with Crippen LogP contribution in [0.5, 0.6) is 5.75 Å². The maximum absolute atomic E-state index is 11.9. The number of phenolic OH excluding ortho intramolecular Hbond substituents is 1. The van der Waals surface area contributed by atoms with Crippen molar-refractivity contribution >= 4 is 5.91 Å². The molecule has 1 aromatic rings. The molecule has 0 saturated heterocycles. The Hall–Kier alpha value is -1.55. The summed E-state index contributed by atoms with van der Waals surface area (Å²) < 4.78 is 0. The lowest BCUT2D eigenvalue weighted by molar-refractivity contribution is -0.122. The number of carbonyl (C=O) groups is 1. The van der Waals surface area contributed by atoms with E-state index in [1.807, 2.05) is 0 Å². The van der Waals surface area contributed by atoms with Gasteiger partial charge in [0.2, 0.25) is 5.91 Å². The molecule has 0 radical (unpaired) electrons. The number of aromatic hydroxyl groups is 1. The van der Waals surface area contributed by atoms with Gasteiger partial charge in [0.25, 0.3) is 0 Å². The molecule has 4 N–H and O–H groups in total. The molecule has 4 heteroatoms. The summed E-state index contributed by atoms with van der Waals surface area (Å²) in [7, 11) is 0. The van der Waals surface area contributed by atoms with Crippen LogP contribution in [-0.4, -0.2) is 23.6 Å². The van der Waals surface area contributed by atoms with Crippen LogP contribution in [0.1, 0.15) is 44.1 Å². The Kier molecular flexibility index (Phi) is 6.05. The maximum Gasteiger partial charge on any atom is 0.237 e. The van der Waals surface area contributed by atoms with E-state index in [1.165, 1.54) is 32.1 Å². The van der Waals surface area contributed by atoms with Gasteiger partial charge >= 0.3 is 0 Å². The zero-order chi connectivity index (χ0) is 15.1. The molecular weight excluding hydrogens is 264 g/mol. The quantitative estimate of drug-likeness (QED) is 0.675. The molecule has 116 valence electrons. The van der Waals surface area contributed by atoms with Gasteiger partial charge in [0, 0.05) is 6.54 Å². The summed E-state index contributed by atoms with van der Waals surface area (Å²) in [6, 6.07) is 6.29. The van der Waals surface area contributed by atoms with E-state index in [1.54, 1.807) is 24.3 Å². The topological polar surface area (TPSA) is 75.3 Å². The lowest BCUT2D eigenvalue weighted by Gasteiger charge is -2.13. The Morgan fingerprint density at radius 3 is 2.62 bits per heavy atom. The number of nitrogens with two attached hydrogens (primary N) is 1. The van der Waals surface area contributed by atoms with Crippen LogP contribution in [0.4, 0.5) is 0 Å². The second kappa shape index (κ2) is 8.03. The minimum atomic E-state index is -0.527. The number of phenols is 1. The Bertz CT molecular complexity index is 439. The number of benzene rings is 1. The largest absolute Gasteiger partial charge is 0.508 e. The molecule has 4 nitrogen and oxygen atoms in total. The van der Waals surface area contributed by atoms with Crippen molar-refractivity contribution in [3.05, 3.63) is 29.8 Å². The van der Waals surface area contributed by atoms with E-state index in [4.69, 9.17) is 5.73 Å². The zero-order valence-electron chi connectivity index (χ0n) is 12.6. The molecule has 0 unspecified atom stereocenters. The first-order valence-electron chi connectivity index (χ1n) is 7.96. The minimum absolute atomic E-state index is 0.0884. The normalized spacial score (nSPS) is 16.8. The lowest BCUT2D eigenvalue weighted by Crippen LogP contribution is -2.42. The van der Waals surface area contributed by atoms with Crippen LogP contribution < -0.4 is 11.1 Å². The van der Waals surface area contributed by atoms with Gasteiger partial charge in [0.15, 0.2) is 0 Å². The second-order valence-corrected chi connectivity index (χ2v) is 6.06. The first-order valence-corrected chi connectivity index (χ1v) is 7.96. The van der Waals surface area contributed by atoms with Gasteiger partial charge in [0.05, 0.1) is 6.04 Å². The summed E-state index contributed by atoms with van der Waals surface area (Å²) in [6.07, 6.45) is 8.20. The summed E-state index contributed by atoms with van der Waals surface area (Å²) in [6.45, 7) is 0.721. The molecule has 0 spiro atoms. The molecular formula is C17H26N2O2. The molecule has 1 fully saturated rings. The fourth-order valence-corrected chi connectivity index (χ4v) is 3.01. The number of carbonyl (C=O) groups excluding carboxylic acids is 1. The monoisotopic (exact) mass is 290 g/mol. The molecule has 0 bridgehead atoms. The van der Waals surface area contributed by atoms with Gasteiger partial charge in [-0.25, -0.2) is 0 Å². The van der Waals surface area contributed by atoms with Gasteiger partial charge in [0.1, 0.15) is 5.75 Å². The fourth-order valence-electron chi connectivity index (χ4n) is 3.01. The Labute approximate surface area is 126 Å². The van der Waals surface area contributed by atoms with Crippen molar-refractivity contribution in [2.45, 2.75) is 51.0 Å². The molecule has 2 rings (SSSR count). The molecule has 0 aliphatic heterocycles. The van der Waals surface area contributed by atoms with Gasteiger partial charge in [-0.15, -0.1) is 0 Å². The molecule has 1 aromatic carbocycles. The maximum atomic E-state index is 11.9. The third-order valence-electron chi connectivity index (χ3n) is 4.29. The molecule has 0 aromatic heterocycles. The van der Waals surface area contributed by atoms with E-state index in [9.17, 15) is 9.90 Å². The number of hydrogen-bond donors (Lipinski definition) is 3. The fraction of sp³-hybridized carbons (Fsp3) is 0.588. The van der Waals surface area contributed by atoms with Crippen molar-refractivity contribution in [1.29, 1.82) is 0 Å². The van der Waals surface area contributed by atoms with E-state index in [0.717, 1.165) is 24.4 Å². The average molecular weight is 290 g/mol. The van der Waals surface area contributed by atoms with Gasteiger partial charge in [-0.3, -0.25) is 4.79 Å². The van der Waals surface area contributed by atoms with Crippen molar-refractivity contribution in [2.75, 3.05) is 6.54 Å². The predicted octanol–water partition coefficient (Wildman–Crippen LogP) is 2.35. The number of rotatable bonds is 7. The van der Waals surface area contributed by atoms with Crippen LogP contribution in [0.3, 0.4) is 0 Å². The Morgan fingerprint density at radius 1 is 1.29 bits per heavy atom. The third-order valence-corrected chi connectivity index (χ3v) is 4.29. The van der Waals surface area contributed by atoms with E-state index in [0.29, 0.717) is 6.42 Å². The van der Waals surface area contributed by atoms with E-state index in [2.05, 4.69) is 5.32 Å². The molecule has 1 atom stereocenters. The van der Waals surface area contributed by atoms with Crippen LogP contribution in [0, 0.1) is 5.92 Å². The third kappa shape index (κ3) is 5.38. The van der Waals surface area contributed by atoms with Gasteiger partial charge in [-0.2, -0.15) is 0 Å². The first-order chi connectivity index (χ1) is 10.1. The SMILES string of the molecule is N[C@H](Cc1ccc(O)cc1)C(=O)NCCCC1CCCC1. The summed E-state index contributed by atoms with van der Waals surface area (Å²) in [5, 5.41) is 12.1. The van der Waals surface area contributed by atoms with Crippen LogP contribution >= 0.6 is 0 Å². The predicted molar refractivity (Wildman–Crippen MR) is 84.0 cm³/mol. The Balaban J connectivity index is 1.63. The summed E-state index contributed by atoms with van der Waals surface area (Å²) >= 11 is 0. The highest BCUT2D eigenvalue weighted by atomic mass is 16.3. The van der Waals surface area contributed by atoms with E-state index >= 15 is 0 Å². The van der Waals surface area contributed by atoms with E-state index in [-0.39, 0.29) is 11.7 Å². The lowest BCUT2D eigenvalue weighted by atomic mass is 10.0. The summed E-state index contributed by atoms with van der Waals surface area (Å²) in [4.78, 5) is 11.9. The van der Waals surface area contributed by atoms with Crippen molar-refractivity contribution in [3.63, 3.8) is 0 Å². The van der Waals surface area contributed by atoms with Gasteiger partial charge < -0.3 is 16.2 Å². The smallest absolute Gasteiger partial charge is 0.237 e. The van der Waals surface area contributed by atoms with E-state index < -0.39 is 6.04 Å². The second-order valence-electron chi connectivity index (χ2n) is 6.06. The number of hydrogen-bond acceptors (Lipinski definition) is 3. The molecule has 21 heavy (non-hydrogen) atoms.